The van der Waals surface area contributed by atoms with Gasteiger partial charge in [0.1, 0.15) is 11.3 Å². The zero-order chi connectivity index (χ0) is 15.5. The summed E-state index contributed by atoms with van der Waals surface area (Å²) in [6.07, 6.45) is 1.65. The predicted molar refractivity (Wildman–Crippen MR) is 78.4 cm³/mol. The van der Waals surface area contributed by atoms with Crippen LogP contribution >= 0.6 is 0 Å². The molecule has 5 nitrogen and oxygen atoms in total. The molecule has 0 fully saturated rings. The fourth-order valence-electron chi connectivity index (χ4n) is 2.70. The Labute approximate surface area is 124 Å². The van der Waals surface area contributed by atoms with Gasteiger partial charge >= 0.3 is 5.97 Å². The Hall–Kier alpha value is -2.04. The number of ether oxygens (including phenoxy) is 1. The fourth-order valence-corrected chi connectivity index (χ4v) is 2.70. The number of fused-ring (bicyclic) bond motifs is 1. The van der Waals surface area contributed by atoms with Crippen LogP contribution in [0, 0.1) is 0 Å². The van der Waals surface area contributed by atoms with Gasteiger partial charge in [-0.1, -0.05) is 31.5 Å². The Bertz CT molecular complexity index is 543. The number of carboxylic acids is 1. The first-order valence-corrected chi connectivity index (χ1v) is 7.25. The van der Waals surface area contributed by atoms with Gasteiger partial charge in [0.05, 0.1) is 12.5 Å². The summed E-state index contributed by atoms with van der Waals surface area (Å²) in [5.41, 5.74) is -0.399. The molecule has 1 heterocycles. The van der Waals surface area contributed by atoms with E-state index in [9.17, 15) is 14.7 Å². The molecular formula is C16H21NO4. The number of para-hydroxylation sites is 1. The van der Waals surface area contributed by atoms with Gasteiger partial charge in [0.15, 0.2) is 0 Å². The molecule has 0 saturated carbocycles. The standard InChI is InChI=1S/C16H21NO4/c1-3-9-16(2,15(19)20)17-14(18)12-8-10-21-13-7-5-4-6-11(12)13/h4-7,12H,3,8-10H2,1-2H3,(H,17,18)(H,19,20). The summed E-state index contributed by atoms with van der Waals surface area (Å²) in [6, 6.07) is 7.40. The van der Waals surface area contributed by atoms with Crippen LogP contribution in [0.5, 0.6) is 5.75 Å². The number of carbonyl (C=O) groups is 2. The van der Waals surface area contributed by atoms with E-state index < -0.39 is 11.5 Å². The Morgan fingerprint density at radius 3 is 2.81 bits per heavy atom. The van der Waals surface area contributed by atoms with E-state index in [1.807, 2.05) is 31.2 Å². The number of rotatable bonds is 5. The van der Waals surface area contributed by atoms with E-state index in [-0.39, 0.29) is 11.8 Å². The van der Waals surface area contributed by atoms with E-state index in [0.29, 0.717) is 31.6 Å². The summed E-state index contributed by atoms with van der Waals surface area (Å²) >= 11 is 0. The van der Waals surface area contributed by atoms with Gasteiger partial charge < -0.3 is 15.2 Å². The lowest BCUT2D eigenvalue weighted by Crippen LogP contribution is -2.53. The van der Waals surface area contributed by atoms with E-state index >= 15 is 0 Å². The summed E-state index contributed by atoms with van der Waals surface area (Å²) in [7, 11) is 0. The van der Waals surface area contributed by atoms with E-state index in [4.69, 9.17) is 4.74 Å². The molecule has 114 valence electrons. The second-order valence-corrected chi connectivity index (χ2v) is 5.60. The van der Waals surface area contributed by atoms with Crippen LogP contribution in [0.25, 0.3) is 0 Å². The Morgan fingerprint density at radius 2 is 2.14 bits per heavy atom. The monoisotopic (exact) mass is 291 g/mol. The number of carbonyl (C=O) groups excluding carboxylic acids is 1. The Kier molecular flexibility index (Phi) is 4.50. The Balaban J connectivity index is 2.20. The third kappa shape index (κ3) is 3.17. The number of nitrogens with one attached hydrogen (secondary N) is 1. The molecule has 2 N–H and O–H groups in total. The minimum absolute atomic E-state index is 0.246. The largest absolute Gasteiger partial charge is 0.493 e. The zero-order valence-electron chi connectivity index (χ0n) is 12.4. The average molecular weight is 291 g/mol. The van der Waals surface area contributed by atoms with Gasteiger partial charge in [-0.05, 0) is 25.8 Å². The van der Waals surface area contributed by atoms with E-state index in [1.165, 1.54) is 0 Å². The molecule has 0 aromatic heterocycles. The molecule has 1 aliphatic rings. The molecule has 2 unspecified atom stereocenters. The van der Waals surface area contributed by atoms with Crippen LogP contribution in [0.3, 0.4) is 0 Å². The third-order valence-electron chi connectivity index (χ3n) is 3.90. The predicted octanol–water partition coefficient (Wildman–Crippen LogP) is 2.31. The van der Waals surface area contributed by atoms with E-state index in [0.717, 1.165) is 5.56 Å². The number of hydrogen-bond acceptors (Lipinski definition) is 3. The lowest BCUT2D eigenvalue weighted by Gasteiger charge is -2.30. The second-order valence-electron chi connectivity index (χ2n) is 5.60. The van der Waals surface area contributed by atoms with Crippen molar-refractivity contribution in [3.63, 3.8) is 0 Å². The van der Waals surface area contributed by atoms with Crippen LogP contribution in [0.15, 0.2) is 24.3 Å². The first-order chi connectivity index (χ1) is 9.98. The van der Waals surface area contributed by atoms with Crippen molar-refractivity contribution >= 4 is 11.9 Å². The van der Waals surface area contributed by atoms with Crippen molar-refractivity contribution in [1.82, 2.24) is 5.32 Å². The SMILES string of the molecule is CCCC(C)(NC(=O)C1CCOc2ccccc21)C(=O)O. The number of amides is 1. The van der Waals surface area contributed by atoms with Gasteiger partial charge in [0, 0.05) is 5.56 Å². The van der Waals surface area contributed by atoms with Crippen molar-refractivity contribution in [2.75, 3.05) is 6.61 Å². The minimum atomic E-state index is -1.22. The topological polar surface area (TPSA) is 75.6 Å². The summed E-state index contributed by atoms with van der Waals surface area (Å²) < 4.78 is 5.53. The highest BCUT2D eigenvalue weighted by molar-refractivity contribution is 5.90. The highest BCUT2D eigenvalue weighted by Crippen LogP contribution is 2.34. The first kappa shape index (κ1) is 15.4. The molecule has 1 aromatic rings. The van der Waals surface area contributed by atoms with Crippen LogP contribution in [-0.4, -0.2) is 29.1 Å². The van der Waals surface area contributed by atoms with E-state index in [1.54, 1.807) is 6.92 Å². The number of benzene rings is 1. The molecule has 5 heteroatoms. The van der Waals surface area contributed by atoms with Crippen molar-refractivity contribution in [2.24, 2.45) is 0 Å². The van der Waals surface area contributed by atoms with E-state index in [2.05, 4.69) is 5.32 Å². The molecule has 2 rings (SSSR count). The summed E-state index contributed by atoms with van der Waals surface area (Å²) in [4.78, 5) is 24.0. The highest BCUT2D eigenvalue weighted by Gasteiger charge is 2.37. The van der Waals surface area contributed by atoms with Crippen molar-refractivity contribution in [3.8, 4) is 5.75 Å². The lowest BCUT2D eigenvalue weighted by atomic mass is 9.89. The van der Waals surface area contributed by atoms with Gasteiger partial charge in [-0.2, -0.15) is 0 Å². The zero-order valence-corrected chi connectivity index (χ0v) is 12.4. The number of hydrogen-bond donors (Lipinski definition) is 2. The van der Waals surface area contributed by atoms with Crippen molar-refractivity contribution < 1.29 is 19.4 Å². The smallest absolute Gasteiger partial charge is 0.329 e. The molecule has 21 heavy (non-hydrogen) atoms. The van der Waals surface area contributed by atoms with Crippen LogP contribution < -0.4 is 10.1 Å². The molecule has 0 radical (unpaired) electrons. The van der Waals surface area contributed by atoms with Crippen molar-refractivity contribution in [3.05, 3.63) is 29.8 Å². The second kappa shape index (κ2) is 6.16. The normalized spacial score (nSPS) is 19.8. The maximum atomic E-state index is 12.5. The molecule has 2 atom stereocenters. The third-order valence-corrected chi connectivity index (χ3v) is 3.90. The minimum Gasteiger partial charge on any atom is -0.493 e. The fraction of sp³-hybridized carbons (Fsp3) is 0.500. The molecule has 0 spiro atoms. The quantitative estimate of drug-likeness (QED) is 0.873. The van der Waals surface area contributed by atoms with Crippen LogP contribution in [-0.2, 0) is 9.59 Å². The molecule has 0 bridgehead atoms. The van der Waals surface area contributed by atoms with Crippen molar-refractivity contribution in [1.29, 1.82) is 0 Å². The first-order valence-electron chi connectivity index (χ1n) is 7.25. The number of aliphatic carboxylic acids is 1. The molecule has 1 aliphatic heterocycles. The van der Waals surface area contributed by atoms with Crippen LogP contribution in [0.1, 0.15) is 44.6 Å². The maximum Gasteiger partial charge on any atom is 0.329 e. The number of carboxylic acid groups (broad SMARTS) is 1. The van der Waals surface area contributed by atoms with Gasteiger partial charge in [-0.15, -0.1) is 0 Å². The Morgan fingerprint density at radius 1 is 1.43 bits per heavy atom. The summed E-state index contributed by atoms with van der Waals surface area (Å²) in [5.74, 6) is -0.899. The van der Waals surface area contributed by atoms with Crippen molar-refractivity contribution in [2.45, 2.75) is 44.6 Å². The summed E-state index contributed by atoms with van der Waals surface area (Å²) in [5, 5.41) is 12.1. The highest BCUT2D eigenvalue weighted by atomic mass is 16.5. The molecule has 1 aromatic carbocycles. The van der Waals surface area contributed by atoms with Crippen LogP contribution in [0.4, 0.5) is 0 Å². The molecule has 0 saturated heterocycles. The van der Waals surface area contributed by atoms with Gasteiger partial charge in [0.25, 0.3) is 0 Å². The van der Waals surface area contributed by atoms with Crippen LogP contribution in [0.2, 0.25) is 0 Å². The van der Waals surface area contributed by atoms with Gasteiger partial charge in [-0.3, -0.25) is 4.79 Å². The molecule has 1 amide bonds. The van der Waals surface area contributed by atoms with Gasteiger partial charge in [-0.25, -0.2) is 4.79 Å². The summed E-state index contributed by atoms with van der Waals surface area (Å²) in [6.45, 7) is 3.92. The lowest BCUT2D eigenvalue weighted by molar-refractivity contribution is -0.147. The van der Waals surface area contributed by atoms with Gasteiger partial charge in [0.2, 0.25) is 5.91 Å². The average Bonchev–Trinajstić information content (AvgIpc) is 2.46. The molecule has 0 aliphatic carbocycles. The molecular weight excluding hydrogens is 270 g/mol. The maximum absolute atomic E-state index is 12.5.